The Labute approximate surface area is 139 Å². The van der Waals surface area contributed by atoms with Gasteiger partial charge in [0.15, 0.2) is 0 Å². The first-order chi connectivity index (χ1) is 11.2. The van der Waals surface area contributed by atoms with Crippen LogP contribution in [0.2, 0.25) is 0 Å². The molecule has 0 aliphatic rings. The second-order valence-corrected chi connectivity index (χ2v) is 4.44. The highest BCUT2D eigenvalue weighted by Crippen LogP contribution is 2.07. The average molecular weight is 342 g/mol. The third-order valence-electron chi connectivity index (χ3n) is 2.32. The van der Waals surface area contributed by atoms with Gasteiger partial charge in [0.1, 0.15) is 0 Å². The van der Waals surface area contributed by atoms with E-state index in [1.54, 1.807) is 0 Å². The van der Waals surface area contributed by atoms with Crippen molar-refractivity contribution in [2.24, 2.45) is 0 Å². The number of carbonyl (C=O) groups is 4. The molecule has 24 heavy (non-hydrogen) atoms. The van der Waals surface area contributed by atoms with Gasteiger partial charge in [-0.3, -0.25) is 9.59 Å². The van der Waals surface area contributed by atoms with E-state index in [-0.39, 0.29) is 11.1 Å². The van der Waals surface area contributed by atoms with Crippen molar-refractivity contribution < 1.29 is 39.6 Å². The van der Waals surface area contributed by atoms with Crippen molar-refractivity contribution in [3.05, 3.63) is 35.4 Å². The number of aliphatic carboxylic acids is 2. The smallest absolute Gasteiger partial charge is 0.336 e. The summed E-state index contributed by atoms with van der Waals surface area (Å²) in [5, 5.41) is 32.9. The van der Waals surface area contributed by atoms with Gasteiger partial charge in [0, 0.05) is 12.8 Å². The summed E-state index contributed by atoms with van der Waals surface area (Å²) in [5.74, 6) is -3.88. The summed E-state index contributed by atoms with van der Waals surface area (Å²) < 4.78 is 0. The number of benzene rings is 1. The first-order valence-electron chi connectivity index (χ1n) is 7.16. The van der Waals surface area contributed by atoms with E-state index in [1.807, 2.05) is 13.8 Å². The molecule has 0 unspecified atom stereocenters. The molecular formula is C16H22O8. The Morgan fingerprint density at radius 3 is 1.12 bits per heavy atom. The zero-order chi connectivity index (χ0) is 19.1. The van der Waals surface area contributed by atoms with Crippen LogP contribution in [0.15, 0.2) is 24.3 Å². The Morgan fingerprint density at radius 1 is 0.708 bits per heavy atom. The van der Waals surface area contributed by atoms with Crippen LogP contribution in [0.3, 0.4) is 0 Å². The molecule has 1 aromatic rings. The predicted octanol–water partition coefficient (Wildman–Crippen LogP) is 2.83. The van der Waals surface area contributed by atoms with Crippen LogP contribution >= 0.6 is 0 Å². The van der Waals surface area contributed by atoms with Crippen LogP contribution in [-0.2, 0) is 9.59 Å². The summed E-state index contributed by atoms with van der Waals surface area (Å²) in [6.07, 6.45) is 2.05. The van der Waals surface area contributed by atoms with Crippen LogP contribution in [0.5, 0.6) is 0 Å². The maximum Gasteiger partial charge on any atom is 0.336 e. The van der Waals surface area contributed by atoms with E-state index in [0.29, 0.717) is 12.8 Å². The summed E-state index contributed by atoms with van der Waals surface area (Å²) in [5.41, 5.74) is -0.380. The minimum atomic E-state index is -1.23. The Kier molecular flexibility index (Phi) is 13.4. The summed E-state index contributed by atoms with van der Waals surface area (Å²) in [6, 6.07) is 5.48. The first-order valence-corrected chi connectivity index (χ1v) is 7.16. The summed E-state index contributed by atoms with van der Waals surface area (Å²) >= 11 is 0. The fraction of sp³-hybridized carbons (Fsp3) is 0.375. The number of rotatable bonds is 6. The lowest BCUT2D eigenvalue weighted by molar-refractivity contribution is -0.138. The van der Waals surface area contributed by atoms with Crippen molar-refractivity contribution in [2.45, 2.75) is 39.5 Å². The molecule has 0 aliphatic heterocycles. The van der Waals surface area contributed by atoms with Crippen LogP contribution in [0.1, 0.15) is 60.2 Å². The SMILES string of the molecule is CCCC(=O)O.CCCC(=O)O.O=C(O)c1ccccc1C(=O)O. The van der Waals surface area contributed by atoms with Gasteiger partial charge in [0.05, 0.1) is 11.1 Å². The third kappa shape index (κ3) is 12.8. The zero-order valence-electron chi connectivity index (χ0n) is 13.6. The van der Waals surface area contributed by atoms with Gasteiger partial charge in [0.25, 0.3) is 0 Å². The second kappa shape index (κ2) is 13.7. The molecule has 0 spiro atoms. The van der Waals surface area contributed by atoms with E-state index in [2.05, 4.69) is 0 Å². The van der Waals surface area contributed by atoms with Gasteiger partial charge >= 0.3 is 23.9 Å². The van der Waals surface area contributed by atoms with Crippen LogP contribution in [-0.4, -0.2) is 44.3 Å². The molecule has 8 heteroatoms. The molecule has 1 aromatic carbocycles. The monoisotopic (exact) mass is 342 g/mol. The van der Waals surface area contributed by atoms with Crippen molar-refractivity contribution in [3.8, 4) is 0 Å². The molecule has 0 heterocycles. The molecule has 0 bridgehead atoms. The van der Waals surface area contributed by atoms with E-state index in [0.717, 1.165) is 12.8 Å². The molecule has 4 N–H and O–H groups in total. The van der Waals surface area contributed by atoms with Crippen molar-refractivity contribution in [1.82, 2.24) is 0 Å². The Hall–Kier alpha value is -2.90. The molecule has 8 nitrogen and oxygen atoms in total. The molecule has 0 amide bonds. The van der Waals surface area contributed by atoms with Crippen LogP contribution in [0, 0.1) is 0 Å². The van der Waals surface area contributed by atoms with E-state index in [4.69, 9.17) is 20.4 Å². The molecule has 0 aromatic heterocycles. The van der Waals surface area contributed by atoms with Crippen LogP contribution < -0.4 is 0 Å². The minimum absolute atomic E-state index is 0.190. The van der Waals surface area contributed by atoms with Gasteiger partial charge in [0.2, 0.25) is 0 Å². The zero-order valence-corrected chi connectivity index (χ0v) is 13.6. The molecule has 0 saturated carbocycles. The lowest BCUT2D eigenvalue weighted by atomic mass is 10.1. The van der Waals surface area contributed by atoms with Crippen LogP contribution in [0.25, 0.3) is 0 Å². The highest BCUT2D eigenvalue weighted by molar-refractivity contribution is 6.01. The molecule has 0 fully saturated rings. The highest BCUT2D eigenvalue weighted by atomic mass is 16.4. The topological polar surface area (TPSA) is 149 Å². The number of hydrogen-bond acceptors (Lipinski definition) is 4. The maximum absolute atomic E-state index is 10.5. The predicted molar refractivity (Wildman–Crippen MR) is 85.4 cm³/mol. The van der Waals surface area contributed by atoms with E-state index in [9.17, 15) is 19.2 Å². The summed E-state index contributed by atoms with van der Waals surface area (Å²) in [6.45, 7) is 3.68. The summed E-state index contributed by atoms with van der Waals surface area (Å²) in [4.78, 5) is 40.1. The van der Waals surface area contributed by atoms with E-state index < -0.39 is 23.9 Å². The Balaban J connectivity index is 0. The minimum Gasteiger partial charge on any atom is -0.481 e. The molecule has 0 radical (unpaired) electrons. The molecule has 0 atom stereocenters. The lowest BCUT2D eigenvalue weighted by Gasteiger charge is -1.98. The number of hydrogen-bond donors (Lipinski definition) is 4. The normalized spacial score (nSPS) is 8.75. The molecule has 1 rings (SSSR count). The van der Waals surface area contributed by atoms with E-state index in [1.165, 1.54) is 24.3 Å². The fourth-order valence-electron chi connectivity index (χ4n) is 1.28. The van der Waals surface area contributed by atoms with Crippen molar-refractivity contribution in [1.29, 1.82) is 0 Å². The largest absolute Gasteiger partial charge is 0.481 e. The Morgan fingerprint density at radius 2 is 1.00 bits per heavy atom. The Bertz CT molecular complexity index is 502. The number of carboxylic acid groups (broad SMARTS) is 4. The lowest BCUT2D eigenvalue weighted by Crippen LogP contribution is -2.06. The molecular weight excluding hydrogens is 320 g/mol. The fourth-order valence-corrected chi connectivity index (χ4v) is 1.28. The van der Waals surface area contributed by atoms with Gasteiger partial charge in [-0.15, -0.1) is 0 Å². The van der Waals surface area contributed by atoms with E-state index >= 15 is 0 Å². The first kappa shape index (κ1) is 23.4. The van der Waals surface area contributed by atoms with Gasteiger partial charge in [-0.2, -0.15) is 0 Å². The molecule has 0 aliphatic carbocycles. The number of aromatic carboxylic acids is 2. The van der Waals surface area contributed by atoms with Crippen molar-refractivity contribution in [3.63, 3.8) is 0 Å². The number of carboxylic acids is 4. The maximum atomic E-state index is 10.5. The van der Waals surface area contributed by atoms with Gasteiger partial charge in [-0.1, -0.05) is 26.0 Å². The van der Waals surface area contributed by atoms with Crippen molar-refractivity contribution >= 4 is 23.9 Å². The second-order valence-electron chi connectivity index (χ2n) is 4.44. The van der Waals surface area contributed by atoms with Crippen LogP contribution in [0.4, 0.5) is 0 Å². The quantitative estimate of drug-likeness (QED) is 0.616. The average Bonchev–Trinajstić information content (AvgIpc) is 2.48. The van der Waals surface area contributed by atoms with Gasteiger partial charge < -0.3 is 20.4 Å². The molecule has 0 saturated heterocycles. The highest BCUT2D eigenvalue weighted by Gasteiger charge is 2.13. The third-order valence-corrected chi connectivity index (χ3v) is 2.32. The summed E-state index contributed by atoms with van der Waals surface area (Å²) in [7, 11) is 0. The standard InChI is InChI=1S/C8H6O4.2C4H8O2/c9-7(10)5-3-1-2-4-6(5)8(11)12;2*1-2-3-4(5)6/h1-4H,(H,9,10)(H,11,12);2*2-3H2,1H3,(H,5,6). The van der Waals surface area contributed by atoms with Crippen molar-refractivity contribution in [2.75, 3.05) is 0 Å². The van der Waals surface area contributed by atoms with Gasteiger partial charge in [-0.05, 0) is 25.0 Å². The van der Waals surface area contributed by atoms with Gasteiger partial charge in [-0.25, -0.2) is 9.59 Å². The molecule has 134 valence electrons.